The topological polar surface area (TPSA) is 8.17 Å². The predicted molar refractivity (Wildman–Crippen MR) is 290 cm³/mol. The van der Waals surface area contributed by atoms with Crippen molar-refractivity contribution in [2.75, 3.05) is 4.90 Å². The van der Waals surface area contributed by atoms with Crippen molar-refractivity contribution in [1.29, 1.82) is 0 Å². The minimum Gasteiger partial charge on any atom is -0.309 e. The van der Waals surface area contributed by atoms with Crippen molar-refractivity contribution in [3.05, 3.63) is 267 Å². The standard InChI is InChI=1S/C66H44N2/c1-4-20-47(21-5-1)65-58-31-13-12-29-55(58)56-41-37-49(43-60(56)66(65)48-22-6-2-7-23-48)45-35-39-52(40-36-45)68(62-34-18-24-46-19-10-11-27-53(46)62)61-32-16-14-28-54(61)50-38-42-64-59(44-50)57-30-15-17-33-63(57)67(64)51-25-8-3-9-26-51/h1-44H. The molecule has 0 atom stereocenters. The fourth-order valence-corrected chi connectivity index (χ4v) is 10.7. The first kappa shape index (κ1) is 39.4. The van der Waals surface area contributed by atoms with Crippen LogP contribution in [0.5, 0.6) is 0 Å². The number of anilines is 3. The summed E-state index contributed by atoms with van der Waals surface area (Å²) in [7, 11) is 0. The van der Waals surface area contributed by atoms with Gasteiger partial charge in [0.05, 0.1) is 22.4 Å². The molecule has 0 aliphatic rings. The number of hydrogen-bond acceptors (Lipinski definition) is 1. The number of nitrogens with zero attached hydrogens (tertiary/aromatic N) is 2. The van der Waals surface area contributed by atoms with Crippen LogP contribution < -0.4 is 4.90 Å². The van der Waals surface area contributed by atoms with Crippen molar-refractivity contribution < 1.29 is 0 Å². The van der Waals surface area contributed by atoms with Crippen LogP contribution in [0.25, 0.3) is 104 Å². The van der Waals surface area contributed by atoms with Gasteiger partial charge in [0.25, 0.3) is 0 Å². The molecule has 0 bridgehead atoms. The van der Waals surface area contributed by atoms with E-state index in [2.05, 4.69) is 276 Å². The number of fused-ring (bicyclic) bond motifs is 7. The maximum Gasteiger partial charge on any atom is 0.0541 e. The summed E-state index contributed by atoms with van der Waals surface area (Å²) >= 11 is 0. The van der Waals surface area contributed by atoms with E-state index in [1.54, 1.807) is 0 Å². The van der Waals surface area contributed by atoms with Gasteiger partial charge in [-0.15, -0.1) is 0 Å². The highest BCUT2D eigenvalue weighted by Gasteiger charge is 2.22. The van der Waals surface area contributed by atoms with Crippen molar-refractivity contribution in [2.45, 2.75) is 0 Å². The van der Waals surface area contributed by atoms with E-state index in [4.69, 9.17) is 0 Å². The molecule has 0 fully saturated rings. The molecule has 2 heteroatoms. The molecule has 318 valence electrons. The lowest BCUT2D eigenvalue weighted by molar-refractivity contribution is 1.18. The lowest BCUT2D eigenvalue weighted by atomic mass is 9.84. The average molecular weight is 865 g/mol. The molecule has 12 aromatic carbocycles. The van der Waals surface area contributed by atoms with E-state index >= 15 is 0 Å². The minimum absolute atomic E-state index is 1.09. The first-order valence-electron chi connectivity index (χ1n) is 23.4. The van der Waals surface area contributed by atoms with E-state index < -0.39 is 0 Å². The molecule has 13 aromatic rings. The normalized spacial score (nSPS) is 11.5. The Hall–Kier alpha value is -8.98. The zero-order valence-electron chi connectivity index (χ0n) is 37.3. The van der Waals surface area contributed by atoms with Gasteiger partial charge in [0.15, 0.2) is 0 Å². The predicted octanol–water partition coefficient (Wildman–Crippen LogP) is 18.4. The average Bonchev–Trinajstić information content (AvgIpc) is 3.75. The number of benzene rings is 12. The van der Waals surface area contributed by atoms with Crippen molar-refractivity contribution >= 4 is 71.2 Å². The summed E-state index contributed by atoms with van der Waals surface area (Å²) in [6, 6.07) is 97.5. The molecule has 0 amide bonds. The number of rotatable bonds is 8. The number of aromatic nitrogens is 1. The Balaban J connectivity index is 0.980. The van der Waals surface area contributed by atoms with Crippen molar-refractivity contribution in [3.63, 3.8) is 0 Å². The van der Waals surface area contributed by atoms with Crippen LogP contribution in [0.2, 0.25) is 0 Å². The zero-order chi connectivity index (χ0) is 45.0. The summed E-state index contributed by atoms with van der Waals surface area (Å²) in [4.78, 5) is 2.45. The van der Waals surface area contributed by atoms with Crippen LogP contribution >= 0.6 is 0 Å². The Morgan fingerprint density at radius 2 is 0.779 bits per heavy atom. The molecule has 0 saturated carbocycles. The van der Waals surface area contributed by atoms with Crippen LogP contribution in [0.15, 0.2) is 267 Å². The lowest BCUT2D eigenvalue weighted by Crippen LogP contribution is -2.11. The smallest absolute Gasteiger partial charge is 0.0541 e. The van der Waals surface area contributed by atoms with Crippen LogP contribution in [0.4, 0.5) is 17.1 Å². The van der Waals surface area contributed by atoms with Crippen molar-refractivity contribution in [1.82, 2.24) is 4.57 Å². The molecule has 0 radical (unpaired) electrons. The second kappa shape index (κ2) is 16.5. The first-order chi connectivity index (χ1) is 33.8. The molecule has 1 heterocycles. The van der Waals surface area contributed by atoms with Crippen LogP contribution in [0, 0.1) is 0 Å². The van der Waals surface area contributed by atoms with Gasteiger partial charge >= 0.3 is 0 Å². The molecule has 1 aromatic heterocycles. The fourth-order valence-electron chi connectivity index (χ4n) is 10.7. The monoisotopic (exact) mass is 864 g/mol. The van der Waals surface area contributed by atoms with E-state index in [1.165, 1.54) is 87.5 Å². The van der Waals surface area contributed by atoms with E-state index in [-0.39, 0.29) is 0 Å². The molecule has 0 saturated heterocycles. The highest BCUT2D eigenvalue weighted by atomic mass is 15.1. The molecule has 0 spiro atoms. The highest BCUT2D eigenvalue weighted by molar-refractivity contribution is 6.22. The summed E-state index contributed by atoms with van der Waals surface area (Å²) < 4.78 is 2.38. The van der Waals surface area contributed by atoms with E-state index in [9.17, 15) is 0 Å². The molecule has 68 heavy (non-hydrogen) atoms. The third-order valence-electron chi connectivity index (χ3n) is 13.8. The molecule has 0 unspecified atom stereocenters. The van der Waals surface area contributed by atoms with Crippen LogP contribution in [-0.4, -0.2) is 4.57 Å². The number of para-hydroxylation sites is 3. The maximum absolute atomic E-state index is 2.45. The third kappa shape index (κ3) is 6.57. The third-order valence-corrected chi connectivity index (χ3v) is 13.8. The van der Waals surface area contributed by atoms with Gasteiger partial charge in [0.2, 0.25) is 0 Å². The second-order valence-corrected chi connectivity index (χ2v) is 17.6. The number of hydrogen-bond donors (Lipinski definition) is 0. The fraction of sp³-hybridized carbons (Fsp3) is 0. The quantitative estimate of drug-likeness (QED) is 0.138. The van der Waals surface area contributed by atoms with Gasteiger partial charge in [-0.25, -0.2) is 0 Å². The van der Waals surface area contributed by atoms with Gasteiger partial charge in [-0.3, -0.25) is 0 Å². The summed E-state index contributed by atoms with van der Waals surface area (Å²) in [5.41, 5.74) is 16.5. The maximum atomic E-state index is 2.45. The SMILES string of the molecule is c1ccc(-c2c(-c3ccccc3)c3cc(-c4ccc(N(c5ccccc5-c5ccc6c(c5)c5ccccc5n6-c5ccccc5)c5cccc6ccccc56)cc4)ccc3c3ccccc23)cc1. The Morgan fingerprint density at radius 3 is 1.54 bits per heavy atom. The first-order valence-corrected chi connectivity index (χ1v) is 23.4. The minimum atomic E-state index is 1.09. The van der Waals surface area contributed by atoms with Gasteiger partial charge in [0.1, 0.15) is 0 Å². The van der Waals surface area contributed by atoms with Gasteiger partial charge < -0.3 is 9.47 Å². The van der Waals surface area contributed by atoms with Crippen LogP contribution in [0.1, 0.15) is 0 Å². The largest absolute Gasteiger partial charge is 0.309 e. The Kier molecular flexibility index (Phi) is 9.54. The summed E-state index contributed by atoms with van der Waals surface area (Å²) in [6.07, 6.45) is 0. The van der Waals surface area contributed by atoms with Crippen molar-refractivity contribution in [2.24, 2.45) is 0 Å². The molecule has 13 rings (SSSR count). The van der Waals surface area contributed by atoms with E-state index in [0.717, 1.165) is 33.9 Å². The lowest BCUT2D eigenvalue weighted by Gasteiger charge is -2.29. The zero-order valence-corrected chi connectivity index (χ0v) is 37.3. The molecular weight excluding hydrogens is 821 g/mol. The van der Waals surface area contributed by atoms with E-state index in [0.29, 0.717) is 0 Å². The Bertz CT molecular complexity index is 4000. The molecular formula is C66H44N2. The van der Waals surface area contributed by atoms with Crippen LogP contribution in [0.3, 0.4) is 0 Å². The van der Waals surface area contributed by atoms with Crippen LogP contribution in [-0.2, 0) is 0 Å². The van der Waals surface area contributed by atoms with E-state index in [1.807, 2.05) is 0 Å². The molecule has 2 nitrogen and oxygen atoms in total. The summed E-state index contributed by atoms with van der Waals surface area (Å²) in [5.74, 6) is 0. The van der Waals surface area contributed by atoms with Gasteiger partial charge in [-0.05, 0) is 127 Å². The molecule has 0 aliphatic carbocycles. The Labute approximate surface area is 395 Å². The van der Waals surface area contributed by atoms with Gasteiger partial charge in [-0.1, -0.05) is 206 Å². The Morgan fingerprint density at radius 1 is 0.265 bits per heavy atom. The molecule has 0 aliphatic heterocycles. The summed E-state index contributed by atoms with van der Waals surface area (Å²) in [5, 5.41) is 9.87. The van der Waals surface area contributed by atoms with Gasteiger partial charge in [0, 0.05) is 33.1 Å². The summed E-state index contributed by atoms with van der Waals surface area (Å²) in [6.45, 7) is 0. The highest BCUT2D eigenvalue weighted by Crippen LogP contribution is 2.48. The molecule has 0 N–H and O–H groups in total. The second-order valence-electron chi connectivity index (χ2n) is 17.6. The van der Waals surface area contributed by atoms with Gasteiger partial charge in [-0.2, -0.15) is 0 Å². The van der Waals surface area contributed by atoms with Crippen molar-refractivity contribution in [3.8, 4) is 50.2 Å².